The fraction of sp³-hybridized carbons (Fsp3) is 0.667. The second-order valence-corrected chi connectivity index (χ2v) is 1.71. The Morgan fingerprint density at radius 1 is 1.67 bits per heavy atom. The molecule has 1 fully saturated rings. The fourth-order valence-corrected chi connectivity index (χ4v) is 0.0680. The van der Waals surface area contributed by atoms with Crippen LogP contribution in [0.1, 0.15) is 0 Å². The first-order valence-electron chi connectivity index (χ1n) is 1.92. The quantitative estimate of drug-likeness (QED) is 0.170. The van der Waals surface area contributed by atoms with Gasteiger partial charge in [0.2, 0.25) is 0 Å². The van der Waals surface area contributed by atoms with Crippen LogP contribution < -0.4 is 29.6 Å². The summed E-state index contributed by atoms with van der Waals surface area (Å²) < 4.78 is 13.3. The summed E-state index contributed by atoms with van der Waals surface area (Å²) in [6.07, 6.45) is 0.333. The van der Waals surface area contributed by atoms with Gasteiger partial charge in [-0.25, -0.2) is 0 Å². The van der Waals surface area contributed by atoms with Gasteiger partial charge in [0.1, 0.15) is 0 Å². The number of hydrogen-bond donors (Lipinski definition) is 2. The van der Waals surface area contributed by atoms with Crippen molar-refractivity contribution in [3.8, 4) is 0 Å². The number of hydrogen-bond acceptors (Lipinski definition) is 2. The molecule has 1 unspecified atom stereocenters. The Balaban J connectivity index is 0. The molecule has 0 aromatic heterocycles. The first kappa shape index (κ1) is 12.6. The Bertz CT molecular complexity index is 79.9. The number of ether oxygens (including phenoxy) is 1. The van der Waals surface area contributed by atoms with Gasteiger partial charge in [-0.05, 0) is 6.10 Å². The molecule has 0 aromatic rings. The van der Waals surface area contributed by atoms with E-state index in [0.29, 0.717) is 6.10 Å². The van der Waals surface area contributed by atoms with Gasteiger partial charge < -0.3 is 11.7 Å². The van der Waals surface area contributed by atoms with E-state index in [4.69, 9.17) is 14.4 Å². The van der Waals surface area contributed by atoms with E-state index in [0.717, 1.165) is 6.61 Å². The van der Waals surface area contributed by atoms with Crippen molar-refractivity contribution in [2.75, 3.05) is 6.61 Å². The predicted molar refractivity (Wildman–Crippen MR) is 27.1 cm³/mol. The van der Waals surface area contributed by atoms with Crippen LogP contribution in [0.5, 0.6) is 0 Å². The van der Waals surface area contributed by atoms with Crippen LogP contribution in [-0.4, -0.2) is 22.5 Å². The molecule has 0 aliphatic carbocycles. The summed E-state index contributed by atoms with van der Waals surface area (Å²) >= 11 is 0. The molecule has 1 heterocycles. The minimum atomic E-state index is -2.87. The zero-order valence-electron chi connectivity index (χ0n) is 5.15. The van der Waals surface area contributed by atoms with Gasteiger partial charge in [-0.3, -0.25) is 0 Å². The summed E-state index contributed by atoms with van der Waals surface area (Å²) in [7, 11) is -2.87. The van der Waals surface area contributed by atoms with E-state index >= 15 is 0 Å². The normalized spacial score (nSPS) is 20.6. The smallest absolute Gasteiger partial charge is 0.408 e. The molecular weight excluding hydrogens is 154 g/mol. The van der Waals surface area contributed by atoms with Gasteiger partial charge in [0, 0.05) is 11.2 Å². The van der Waals surface area contributed by atoms with E-state index in [1.165, 1.54) is 0 Å². The molecule has 0 radical (unpaired) electrons. The SMILES string of the molecule is O=[P+](O)O.[CH2-]C1CO1.[Na+]. The average molecular weight is 161 g/mol. The molecule has 1 saturated heterocycles. The van der Waals surface area contributed by atoms with Crippen molar-refractivity contribution in [3.63, 3.8) is 0 Å². The Kier molecular flexibility index (Phi) is 9.96. The van der Waals surface area contributed by atoms with Gasteiger partial charge in [-0.2, -0.15) is 0 Å². The van der Waals surface area contributed by atoms with Crippen LogP contribution in [0.2, 0.25) is 0 Å². The molecule has 48 valence electrons. The van der Waals surface area contributed by atoms with Gasteiger partial charge in [0.25, 0.3) is 0 Å². The van der Waals surface area contributed by atoms with Crippen LogP contribution in [0.25, 0.3) is 0 Å². The molecule has 4 nitrogen and oxygen atoms in total. The molecule has 1 aliphatic heterocycles. The second kappa shape index (κ2) is 7.09. The summed E-state index contributed by atoms with van der Waals surface area (Å²) in [5.41, 5.74) is 0. The Morgan fingerprint density at radius 3 is 1.78 bits per heavy atom. The minimum Gasteiger partial charge on any atom is -0.408 e. The van der Waals surface area contributed by atoms with E-state index < -0.39 is 8.25 Å². The molecule has 6 heteroatoms. The summed E-state index contributed by atoms with van der Waals surface area (Å²) in [6, 6.07) is 0. The molecular formula is C3H7NaO4P+. The summed E-state index contributed by atoms with van der Waals surface area (Å²) in [5, 5.41) is 0. The summed E-state index contributed by atoms with van der Waals surface area (Å²) in [5.74, 6) is 0. The van der Waals surface area contributed by atoms with Crippen LogP contribution in [0.15, 0.2) is 0 Å². The van der Waals surface area contributed by atoms with Crippen molar-refractivity contribution in [1.29, 1.82) is 0 Å². The van der Waals surface area contributed by atoms with Gasteiger partial charge >= 0.3 is 37.8 Å². The Morgan fingerprint density at radius 2 is 1.78 bits per heavy atom. The largest absolute Gasteiger partial charge is 1.00 e. The summed E-state index contributed by atoms with van der Waals surface area (Å²) in [4.78, 5) is 14.2. The Hall–Kier alpha value is 0.980. The molecule has 1 atom stereocenters. The fourth-order valence-electron chi connectivity index (χ4n) is 0.0680. The zero-order valence-corrected chi connectivity index (χ0v) is 8.04. The maximum absolute atomic E-state index is 8.70. The van der Waals surface area contributed by atoms with E-state index in [1.54, 1.807) is 0 Å². The molecule has 0 aromatic carbocycles. The van der Waals surface area contributed by atoms with Crippen LogP contribution >= 0.6 is 8.25 Å². The van der Waals surface area contributed by atoms with Gasteiger partial charge in [-0.15, -0.1) is 9.79 Å². The molecule has 2 N–H and O–H groups in total. The van der Waals surface area contributed by atoms with Crippen LogP contribution in [-0.2, 0) is 9.30 Å². The van der Waals surface area contributed by atoms with Crippen molar-refractivity contribution < 1.29 is 48.6 Å². The van der Waals surface area contributed by atoms with Crippen LogP contribution in [0, 0.1) is 6.92 Å². The predicted octanol–water partition coefficient (Wildman–Crippen LogP) is -3.15. The van der Waals surface area contributed by atoms with Crippen molar-refractivity contribution in [1.82, 2.24) is 0 Å². The van der Waals surface area contributed by atoms with E-state index in [1.807, 2.05) is 0 Å². The van der Waals surface area contributed by atoms with E-state index in [-0.39, 0.29) is 29.6 Å². The maximum atomic E-state index is 8.70. The third-order valence-corrected chi connectivity index (χ3v) is 0.402. The van der Waals surface area contributed by atoms with Crippen molar-refractivity contribution >= 4 is 8.25 Å². The van der Waals surface area contributed by atoms with Gasteiger partial charge in [0.15, 0.2) is 0 Å². The van der Waals surface area contributed by atoms with Crippen molar-refractivity contribution in [2.24, 2.45) is 0 Å². The third kappa shape index (κ3) is 27.6. The zero-order chi connectivity index (χ0) is 6.57. The maximum Gasteiger partial charge on any atom is 1.00 e. The minimum absolute atomic E-state index is 0. The van der Waals surface area contributed by atoms with Crippen LogP contribution in [0.4, 0.5) is 0 Å². The number of epoxide rings is 1. The molecule has 0 saturated carbocycles. The first-order valence-corrected chi connectivity index (χ1v) is 3.09. The molecule has 0 bridgehead atoms. The van der Waals surface area contributed by atoms with Gasteiger partial charge in [0.05, 0.1) is 0 Å². The third-order valence-electron chi connectivity index (χ3n) is 0.402. The average Bonchev–Trinajstić information content (AvgIpc) is 2.19. The van der Waals surface area contributed by atoms with Crippen LogP contribution in [0.3, 0.4) is 0 Å². The standard InChI is InChI=1S/C3H5O.Na.HO3P/c1-3-2-4-3;;1-4(2)3/h3H,1-2H2;;(H-,1,2,3)/q-1;+1;/p+1. The molecule has 1 aliphatic rings. The molecule has 0 spiro atoms. The van der Waals surface area contributed by atoms with Gasteiger partial charge in [-0.1, -0.05) is 0 Å². The summed E-state index contributed by atoms with van der Waals surface area (Å²) in [6.45, 7) is 4.40. The molecule has 1 rings (SSSR count). The number of rotatable bonds is 0. The van der Waals surface area contributed by atoms with E-state index in [9.17, 15) is 0 Å². The topological polar surface area (TPSA) is 70.1 Å². The molecule has 0 amide bonds. The van der Waals surface area contributed by atoms with E-state index in [2.05, 4.69) is 11.7 Å². The Labute approximate surface area is 76.5 Å². The molecule has 9 heavy (non-hydrogen) atoms. The second-order valence-electron chi connectivity index (χ2n) is 1.21. The first-order chi connectivity index (χ1) is 3.63. The monoisotopic (exact) mass is 161 g/mol. The van der Waals surface area contributed by atoms with Crippen molar-refractivity contribution in [2.45, 2.75) is 6.10 Å². The van der Waals surface area contributed by atoms with Crippen molar-refractivity contribution in [3.05, 3.63) is 6.92 Å².